The van der Waals surface area contributed by atoms with Gasteiger partial charge < -0.3 is 10.6 Å². The van der Waals surface area contributed by atoms with Crippen LogP contribution in [0.3, 0.4) is 0 Å². The quantitative estimate of drug-likeness (QED) is 0.742. The number of rotatable bonds is 3. The van der Waals surface area contributed by atoms with E-state index in [-0.39, 0.29) is 11.8 Å². The smallest absolute Gasteiger partial charge is 0.235 e. The fourth-order valence-corrected chi connectivity index (χ4v) is 4.98. The lowest BCUT2D eigenvalue weighted by atomic mass is 9.68. The number of benzene rings is 2. The minimum Gasteiger partial charge on any atom is -0.325 e. The van der Waals surface area contributed by atoms with Crippen LogP contribution in [-0.4, -0.2) is 17.6 Å². The van der Waals surface area contributed by atoms with Crippen LogP contribution < -0.4 is 10.6 Å². The highest BCUT2D eigenvalue weighted by Crippen LogP contribution is 2.41. The van der Waals surface area contributed by atoms with Crippen LogP contribution in [0.1, 0.15) is 37.7 Å². The standard InChI is InChI=1S/C21H21ClN2O2S/c22-15-6-4-5-14(11-15)21(9-2-1-3-10-21)20(26)23-16-7-8-18-17(12-16)24-19(25)13-27-18/h4-8,11-12H,1-3,9-10,13H2,(H,23,26)(H,24,25). The molecular weight excluding hydrogens is 380 g/mol. The van der Waals surface area contributed by atoms with Crippen LogP contribution >= 0.6 is 23.4 Å². The van der Waals surface area contributed by atoms with Crippen molar-refractivity contribution in [3.8, 4) is 0 Å². The molecule has 0 unspecified atom stereocenters. The van der Waals surface area contributed by atoms with Gasteiger partial charge in [0.25, 0.3) is 0 Å². The average Bonchev–Trinajstić information content (AvgIpc) is 2.68. The molecule has 0 bridgehead atoms. The van der Waals surface area contributed by atoms with Crippen molar-refractivity contribution >= 4 is 46.6 Å². The first-order valence-electron chi connectivity index (χ1n) is 9.21. The summed E-state index contributed by atoms with van der Waals surface area (Å²) in [5, 5.41) is 6.62. The van der Waals surface area contributed by atoms with E-state index >= 15 is 0 Å². The number of carbonyl (C=O) groups excluding carboxylic acids is 2. The molecule has 0 saturated heterocycles. The monoisotopic (exact) mass is 400 g/mol. The van der Waals surface area contributed by atoms with E-state index < -0.39 is 5.41 Å². The van der Waals surface area contributed by atoms with E-state index in [4.69, 9.17) is 11.6 Å². The zero-order valence-electron chi connectivity index (χ0n) is 14.9. The minimum atomic E-state index is -0.558. The number of hydrogen-bond acceptors (Lipinski definition) is 3. The molecule has 1 saturated carbocycles. The Hall–Kier alpha value is -1.98. The Morgan fingerprint density at radius 3 is 2.70 bits per heavy atom. The summed E-state index contributed by atoms with van der Waals surface area (Å²) >= 11 is 7.72. The Kier molecular flexibility index (Phi) is 5.15. The predicted octanol–water partition coefficient (Wildman–Crippen LogP) is 5.22. The van der Waals surface area contributed by atoms with Crippen LogP contribution in [0.4, 0.5) is 11.4 Å². The highest BCUT2D eigenvalue weighted by molar-refractivity contribution is 8.00. The molecule has 140 valence electrons. The second-order valence-corrected chi connectivity index (χ2v) is 8.61. The van der Waals surface area contributed by atoms with Gasteiger partial charge >= 0.3 is 0 Å². The maximum atomic E-state index is 13.4. The molecule has 27 heavy (non-hydrogen) atoms. The maximum absolute atomic E-state index is 13.4. The summed E-state index contributed by atoms with van der Waals surface area (Å²) in [4.78, 5) is 26.1. The molecule has 0 aromatic heterocycles. The van der Waals surface area contributed by atoms with Gasteiger partial charge in [-0.25, -0.2) is 0 Å². The van der Waals surface area contributed by atoms with Gasteiger partial charge in [0, 0.05) is 15.6 Å². The van der Waals surface area contributed by atoms with Crippen molar-refractivity contribution in [2.75, 3.05) is 16.4 Å². The summed E-state index contributed by atoms with van der Waals surface area (Å²) < 4.78 is 0. The molecule has 0 spiro atoms. The average molecular weight is 401 g/mol. The molecule has 2 N–H and O–H groups in total. The molecule has 2 aliphatic rings. The van der Waals surface area contributed by atoms with Crippen LogP contribution in [0.2, 0.25) is 5.02 Å². The third kappa shape index (κ3) is 3.71. The van der Waals surface area contributed by atoms with Gasteiger partial charge in [0.05, 0.1) is 16.9 Å². The largest absolute Gasteiger partial charge is 0.325 e. The molecule has 0 radical (unpaired) electrons. The first kappa shape index (κ1) is 18.4. The topological polar surface area (TPSA) is 58.2 Å². The molecule has 2 amide bonds. The molecule has 6 heteroatoms. The molecule has 1 aliphatic heterocycles. The van der Waals surface area contributed by atoms with Crippen LogP contribution in [-0.2, 0) is 15.0 Å². The summed E-state index contributed by atoms with van der Waals surface area (Å²) in [7, 11) is 0. The van der Waals surface area contributed by atoms with E-state index in [1.165, 1.54) is 11.8 Å². The van der Waals surface area contributed by atoms with E-state index in [0.29, 0.717) is 16.5 Å². The lowest BCUT2D eigenvalue weighted by molar-refractivity contribution is -0.122. The lowest BCUT2D eigenvalue weighted by Crippen LogP contribution is -2.42. The molecule has 1 heterocycles. The minimum absolute atomic E-state index is 0.000735. The first-order valence-corrected chi connectivity index (χ1v) is 10.6. The van der Waals surface area contributed by atoms with Gasteiger partial charge in [-0.05, 0) is 48.7 Å². The zero-order chi connectivity index (χ0) is 18.9. The van der Waals surface area contributed by atoms with Gasteiger partial charge in [-0.2, -0.15) is 0 Å². The van der Waals surface area contributed by atoms with Gasteiger partial charge in [0.15, 0.2) is 0 Å². The van der Waals surface area contributed by atoms with Crippen molar-refractivity contribution in [1.29, 1.82) is 0 Å². The van der Waals surface area contributed by atoms with E-state index in [0.717, 1.165) is 48.3 Å². The summed E-state index contributed by atoms with van der Waals surface area (Å²) in [6, 6.07) is 13.3. The molecule has 0 atom stereocenters. The number of halogens is 1. The number of nitrogens with one attached hydrogen (secondary N) is 2. The number of hydrogen-bond donors (Lipinski definition) is 2. The fourth-order valence-electron chi connectivity index (χ4n) is 4.00. The lowest BCUT2D eigenvalue weighted by Gasteiger charge is -2.36. The molecule has 1 fully saturated rings. The van der Waals surface area contributed by atoms with Gasteiger partial charge in [-0.3, -0.25) is 9.59 Å². The van der Waals surface area contributed by atoms with E-state index in [1.54, 1.807) is 0 Å². The highest BCUT2D eigenvalue weighted by Gasteiger charge is 2.41. The van der Waals surface area contributed by atoms with Crippen molar-refractivity contribution < 1.29 is 9.59 Å². The van der Waals surface area contributed by atoms with E-state index in [1.807, 2.05) is 42.5 Å². The Bertz CT molecular complexity index is 894. The zero-order valence-corrected chi connectivity index (χ0v) is 16.5. The molecule has 4 nitrogen and oxygen atoms in total. The number of anilines is 2. The van der Waals surface area contributed by atoms with Crippen molar-refractivity contribution in [2.45, 2.75) is 42.4 Å². The number of carbonyl (C=O) groups is 2. The summed E-state index contributed by atoms with van der Waals surface area (Å²) in [6.45, 7) is 0. The summed E-state index contributed by atoms with van der Waals surface area (Å²) in [5.41, 5.74) is 1.88. The summed E-state index contributed by atoms with van der Waals surface area (Å²) in [5.74, 6) is 0.411. The molecule has 1 aliphatic carbocycles. The Labute approximate surface area is 168 Å². The van der Waals surface area contributed by atoms with Crippen LogP contribution in [0.15, 0.2) is 47.4 Å². The third-order valence-corrected chi connectivity index (χ3v) is 6.70. The maximum Gasteiger partial charge on any atom is 0.235 e. The normalized spacial score (nSPS) is 18.3. The van der Waals surface area contributed by atoms with E-state index in [2.05, 4.69) is 10.6 Å². The first-order chi connectivity index (χ1) is 13.1. The Morgan fingerprint density at radius 2 is 1.93 bits per heavy atom. The van der Waals surface area contributed by atoms with Gasteiger partial charge in [-0.1, -0.05) is 43.0 Å². The second kappa shape index (κ2) is 7.56. The van der Waals surface area contributed by atoms with Crippen molar-refractivity contribution in [1.82, 2.24) is 0 Å². The number of fused-ring (bicyclic) bond motifs is 1. The predicted molar refractivity (Wildman–Crippen MR) is 111 cm³/mol. The van der Waals surface area contributed by atoms with Crippen LogP contribution in [0.25, 0.3) is 0 Å². The Morgan fingerprint density at radius 1 is 1.11 bits per heavy atom. The molecule has 2 aromatic rings. The number of amides is 2. The van der Waals surface area contributed by atoms with Gasteiger partial charge in [0.2, 0.25) is 11.8 Å². The second-order valence-electron chi connectivity index (χ2n) is 7.16. The molecule has 4 rings (SSSR count). The van der Waals surface area contributed by atoms with Crippen LogP contribution in [0.5, 0.6) is 0 Å². The van der Waals surface area contributed by atoms with Gasteiger partial charge in [-0.15, -0.1) is 11.8 Å². The summed E-state index contributed by atoms with van der Waals surface area (Å²) in [6.07, 6.45) is 4.83. The van der Waals surface area contributed by atoms with Gasteiger partial charge in [0.1, 0.15) is 0 Å². The van der Waals surface area contributed by atoms with Crippen LogP contribution in [0, 0.1) is 0 Å². The number of thioether (sulfide) groups is 1. The third-order valence-electron chi connectivity index (χ3n) is 5.39. The Balaban J connectivity index is 1.63. The van der Waals surface area contributed by atoms with Crippen molar-refractivity contribution in [3.63, 3.8) is 0 Å². The SMILES string of the molecule is O=C1CSc2ccc(NC(=O)C3(c4cccc(Cl)c4)CCCCC3)cc2N1. The highest BCUT2D eigenvalue weighted by atomic mass is 35.5. The molecular formula is C21H21ClN2O2S. The van der Waals surface area contributed by atoms with Crippen molar-refractivity contribution in [2.24, 2.45) is 0 Å². The fraction of sp³-hybridized carbons (Fsp3) is 0.333. The van der Waals surface area contributed by atoms with Crippen molar-refractivity contribution in [3.05, 3.63) is 53.1 Å². The molecule has 2 aromatic carbocycles. The van der Waals surface area contributed by atoms with E-state index in [9.17, 15) is 9.59 Å².